The smallest absolute Gasteiger partial charge is 0.289 e. The third kappa shape index (κ3) is 4.16. The van der Waals surface area contributed by atoms with E-state index in [4.69, 9.17) is 14.2 Å². The van der Waals surface area contributed by atoms with Crippen molar-refractivity contribution in [1.29, 1.82) is 0 Å². The van der Waals surface area contributed by atoms with Crippen molar-refractivity contribution in [3.05, 3.63) is 40.8 Å². The Kier molecular flexibility index (Phi) is 5.29. The Labute approximate surface area is 126 Å². The number of carbonyl (C=O) groups excluding carboxylic acids is 1. The first kappa shape index (κ1) is 14.7. The van der Waals surface area contributed by atoms with Crippen molar-refractivity contribution < 1.29 is 19.0 Å². The summed E-state index contributed by atoms with van der Waals surface area (Å²) in [5.74, 6) is 0.641. The summed E-state index contributed by atoms with van der Waals surface area (Å²) in [7, 11) is 0. The Bertz CT molecular complexity index is 504. The van der Waals surface area contributed by atoms with E-state index in [9.17, 15) is 4.79 Å². The average Bonchev–Trinajstić information content (AvgIpc) is 2.48. The van der Waals surface area contributed by atoms with Gasteiger partial charge in [0.25, 0.3) is 5.91 Å². The number of halogens is 1. The Morgan fingerprint density at radius 1 is 1.45 bits per heavy atom. The summed E-state index contributed by atoms with van der Waals surface area (Å²) in [6.07, 6.45) is 1.17. The molecule has 1 amide bonds. The van der Waals surface area contributed by atoms with Crippen LogP contribution in [0.1, 0.15) is 6.92 Å². The van der Waals surface area contributed by atoms with Crippen LogP contribution < -0.4 is 10.1 Å². The van der Waals surface area contributed by atoms with Crippen molar-refractivity contribution in [3.63, 3.8) is 0 Å². The highest BCUT2D eigenvalue weighted by Gasteiger charge is 2.16. The van der Waals surface area contributed by atoms with Crippen LogP contribution in [0.25, 0.3) is 0 Å². The summed E-state index contributed by atoms with van der Waals surface area (Å²) in [4.78, 5) is 11.8. The summed E-state index contributed by atoms with van der Waals surface area (Å²) in [5.41, 5.74) is 0. The fourth-order valence-electron chi connectivity index (χ4n) is 1.61. The number of amides is 1. The second-order valence-corrected chi connectivity index (χ2v) is 5.12. The number of nitrogens with one attached hydrogen (secondary N) is 1. The molecule has 1 aromatic rings. The number of benzene rings is 1. The van der Waals surface area contributed by atoms with Crippen molar-refractivity contribution in [2.24, 2.45) is 0 Å². The molecule has 1 aliphatic heterocycles. The molecule has 1 aliphatic rings. The van der Waals surface area contributed by atoms with E-state index < -0.39 is 0 Å². The molecule has 1 N–H and O–H groups in total. The predicted octanol–water partition coefficient (Wildman–Crippen LogP) is 2.22. The fraction of sp³-hybridized carbons (Fsp3) is 0.357. The molecule has 0 fully saturated rings. The quantitative estimate of drug-likeness (QED) is 0.892. The number of hydrogen-bond donors (Lipinski definition) is 1. The highest BCUT2D eigenvalue weighted by Crippen LogP contribution is 2.24. The Hall–Kier alpha value is -1.69. The van der Waals surface area contributed by atoms with Crippen LogP contribution in [0.5, 0.6) is 5.75 Å². The van der Waals surface area contributed by atoms with Gasteiger partial charge in [0.1, 0.15) is 31.3 Å². The van der Waals surface area contributed by atoms with Crippen LogP contribution in [0.4, 0.5) is 0 Å². The van der Waals surface area contributed by atoms with Crippen LogP contribution in [-0.2, 0) is 14.3 Å². The molecule has 0 aliphatic carbocycles. The molecule has 1 heterocycles. The van der Waals surface area contributed by atoms with Crippen molar-refractivity contribution in [1.82, 2.24) is 5.32 Å². The zero-order valence-corrected chi connectivity index (χ0v) is 12.7. The number of para-hydroxylation sites is 1. The molecule has 0 saturated heterocycles. The molecule has 5 nitrogen and oxygen atoms in total. The first-order valence-electron chi connectivity index (χ1n) is 6.31. The molecular formula is C14H16BrNO4. The van der Waals surface area contributed by atoms with Crippen molar-refractivity contribution in [2.75, 3.05) is 19.8 Å². The monoisotopic (exact) mass is 341 g/mol. The number of ether oxygens (including phenoxy) is 3. The van der Waals surface area contributed by atoms with E-state index in [1.807, 2.05) is 31.2 Å². The van der Waals surface area contributed by atoms with Crippen molar-refractivity contribution in [3.8, 4) is 5.75 Å². The molecule has 0 unspecified atom stereocenters. The molecule has 6 heteroatoms. The standard InChI is InChI=1S/C14H16BrNO4/c1-10(20-12-5-3-2-4-11(12)15)8-16-14(17)13-9-18-6-7-19-13/h2-5,9-10H,6-8H2,1H3,(H,16,17)/t10-/m0/s1. The lowest BCUT2D eigenvalue weighted by Crippen LogP contribution is -2.35. The van der Waals surface area contributed by atoms with Gasteiger partial charge in [-0.25, -0.2) is 0 Å². The lowest BCUT2D eigenvalue weighted by Gasteiger charge is -2.18. The second-order valence-electron chi connectivity index (χ2n) is 4.27. The van der Waals surface area contributed by atoms with Gasteiger partial charge in [-0.05, 0) is 35.0 Å². The van der Waals surface area contributed by atoms with E-state index in [0.717, 1.165) is 10.2 Å². The van der Waals surface area contributed by atoms with Crippen molar-refractivity contribution in [2.45, 2.75) is 13.0 Å². The minimum Gasteiger partial charge on any atom is -0.494 e. The lowest BCUT2D eigenvalue weighted by molar-refractivity contribution is -0.122. The predicted molar refractivity (Wildman–Crippen MR) is 77.2 cm³/mol. The Balaban J connectivity index is 1.80. The van der Waals surface area contributed by atoms with Gasteiger partial charge in [-0.2, -0.15) is 0 Å². The van der Waals surface area contributed by atoms with Crippen LogP contribution in [0.2, 0.25) is 0 Å². The largest absolute Gasteiger partial charge is 0.494 e. The van der Waals surface area contributed by atoms with Gasteiger partial charge < -0.3 is 19.5 Å². The second kappa shape index (κ2) is 7.19. The molecule has 0 bridgehead atoms. The van der Waals surface area contributed by atoms with Gasteiger partial charge in [-0.3, -0.25) is 4.79 Å². The maximum absolute atomic E-state index is 11.8. The summed E-state index contributed by atoms with van der Waals surface area (Å²) in [6, 6.07) is 7.57. The van der Waals surface area contributed by atoms with Crippen LogP contribution in [-0.4, -0.2) is 31.8 Å². The first-order valence-corrected chi connectivity index (χ1v) is 7.10. The SMILES string of the molecule is C[C@@H](CNC(=O)C1=COCCO1)Oc1ccccc1Br. The minimum atomic E-state index is -0.299. The lowest BCUT2D eigenvalue weighted by atomic mass is 10.3. The van der Waals surface area contributed by atoms with E-state index in [1.54, 1.807) is 0 Å². The molecule has 1 aromatic carbocycles. The van der Waals surface area contributed by atoms with Gasteiger partial charge in [-0.1, -0.05) is 12.1 Å². The van der Waals surface area contributed by atoms with Gasteiger partial charge in [0.2, 0.25) is 5.76 Å². The maximum Gasteiger partial charge on any atom is 0.289 e. The van der Waals surface area contributed by atoms with Crippen LogP contribution >= 0.6 is 15.9 Å². The molecule has 0 aromatic heterocycles. The molecule has 108 valence electrons. The zero-order chi connectivity index (χ0) is 14.4. The van der Waals surface area contributed by atoms with E-state index in [1.165, 1.54) is 6.26 Å². The average molecular weight is 342 g/mol. The summed E-state index contributed by atoms with van der Waals surface area (Å²) >= 11 is 3.41. The van der Waals surface area contributed by atoms with Gasteiger partial charge in [-0.15, -0.1) is 0 Å². The molecule has 20 heavy (non-hydrogen) atoms. The Morgan fingerprint density at radius 3 is 2.95 bits per heavy atom. The van der Waals surface area contributed by atoms with Gasteiger partial charge in [0, 0.05) is 0 Å². The van der Waals surface area contributed by atoms with Gasteiger partial charge in [0.15, 0.2) is 0 Å². The summed E-state index contributed by atoms with van der Waals surface area (Å²) in [5, 5.41) is 2.74. The van der Waals surface area contributed by atoms with Crippen molar-refractivity contribution >= 4 is 21.8 Å². The topological polar surface area (TPSA) is 56.8 Å². The molecule has 0 radical (unpaired) electrons. The van der Waals surface area contributed by atoms with E-state index in [-0.39, 0.29) is 17.8 Å². The van der Waals surface area contributed by atoms with E-state index in [0.29, 0.717) is 19.8 Å². The van der Waals surface area contributed by atoms with Crippen LogP contribution in [0, 0.1) is 0 Å². The van der Waals surface area contributed by atoms with E-state index >= 15 is 0 Å². The van der Waals surface area contributed by atoms with Gasteiger partial charge in [0.05, 0.1) is 11.0 Å². The number of hydrogen-bond acceptors (Lipinski definition) is 4. The minimum absolute atomic E-state index is 0.164. The highest BCUT2D eigenvalue weighted by molar-refractivity contribution is 9.10. The van der Waals surface area contributed by atoms with Crippen LogP contribution in [0.15, 0.2) is 40.8 Å². The summed E-state index contributed by atoms with van der Waals surface area (Å²) < 4.78 is 16.8. The molecule has 0 spiro atoms. The first-order chi connectivity index (χ1) is 9.66. The zero-order valence-electron chi connectivity index (χ0n) is 11.1. The number of carbonyl (C=O) groups is 1. The van der Waals surface area contributed by atoms with E-state index in [2.05, 4.69) is 21.2 Å². The third-order valence-corrected chi connectivity index (χ3v) is 3.24. The van der Waals surface area contributed by atoms with Gasteiger partial charge >= 0.3 is 0 Å². The molecule has 0 saturated carbocycles. The van der Waals surface area contributed by atoms with Crippen LogP contribution in [0.3, 0.4) is 0 Å². The highest BCUT2D eigenvalue weighted by atomic mass is 79.9. The molecule has 2 rings (SSSR count). The maximum atomic E-state index is 11.8. The fourth-order valence-corrected chi connectivity index (χ4v) is 1.99. The number of rotatable bonds is 5. The summed E-state index contributed by atoms with van der Waals surface area (Å²) in [6.45, 7) is 3.12. The molecular weight excluding hydrogens is 326 g/mol. The Morgan fingerprint density at radius 2 is 2.25 bits per heavy atom. The normalized spacial score (nSPS) is 15.4. The third-order valence-electron chi connectivity index (χ3n) is 2.59. The molecule has 1 atom stereocenters.